The molecule has 0 aliphatic heterocycles. The Hall–Kier alpha value is -1.20. The minimum Gasteiger partial charge on any atom is -0.339 e. The molecule has 0 amide bonds. The molecule has 0 radical (unpaired) electrons. The number of halogens is 3. The van der Waals surface area contributed by atoms with E-state index in [1.54, 1.807) is 0 Å². The molecule has 0 aliphatic carbocycles. The fraction of sp³-hybridized carbons (Fsp3) is 0.400. The molecule has 3 nitrogen and oxygen atoms in total. The lowest BCUT2D eigenvalue weighted by Crippen LogP contribution is -2.11. The van der Waals surface area contributed by atoms with E-state index < -0.39 is 18.2 Å². The van der Waals surface area contributed by atoms with Crippen molar-refractivity contribution in [2.75, 3.05) is 0 Å². The average Bonchev–Trinajstić information content (AvgIpc) is 2.10. The van der Waals surface area contributed by atoms with Gasteiger partial charge in [0.05, 0.1) is 12.1 Å². The minimum absolute atomic E-state index is 0.262. The number of rotatable bonds is 1. The van der Waals surface area contributed by atoms with Crippen molar-refractivity contribution in [3.8, 4) is 0 Å². The first-order valence-electron chi connectivity index (χ1n) is 2.71. The third-order valence-electron chi connectivity index (χ3n) is 0.966. The summed E-state index contributed by atoms with van der Waals surface area (Å²) in [4.78, 5) is 10.2. The molecule has 0 saturated carbocycles. The molecule has 1 N–H and O–H groups in total. The maximum atomic E-state index is 11.6. The van der Waals surface area contributed by atoms with Gasteiger partial charge in [0.25, 0.3) is 0 Å². The van der Waals surface area contributed by atoms with E-state index in [0.29, 0.717) is 0 Å². The van der Waals surface area contributed by atoms with Crippen molar-refractivity contribution >= 4 is 0 Å². The van der Waals surface area contributed by atoms with Crippen molar-refractivity contribution in [3.05, 3.63) is 22.2 Å². The zero-order chi connectivity index (χ0) is 8.48. The molecule has 0 aliphatic rings. The van der Waals surface area contributed by atoms with E-state index in [1.165, 1.54) is 0 Å². The summed E-state index contributed by atoms with van der Waals surface area (Å²) in [6.45, 7) is 0. The Morgan fingerprint density at radius 3 is 2.55 bits per heavy atom. The van der Waals surface area contributed by atoms with E-state index in [-0.39, 0.29) is 5.69 Å². The molecule has 0 saturated heterocycles. The van der Waals surface area contributed by atoms with Gasteiger partial charge in [0, 0.05) is 6.07 Å². The molecule has 0 aromatic carbocycles. The highest BCUT2D eigenvalue weighted by Crippen LogP contribution is 2.19. The Morgan fingerprint density at radius 2 is 2.18 bits per heavy atom. The summed E-state index contributed by atoms with van der Waals surface area (Å²) in [5.74, 6) is 0. The summed E-state index contributed by atoms with van der Waals surface area (Å²) in [6.07, 6.45) is -5.48. The van der Waals surface area contributed by atoms with Gasteiger partial charge in [-0.15, -0.1) is 0 Å². The fourth-order valence-corrected chi connectivity index (χ4v) is 0.620. The topological polar surface area (TPSA) is 46.0 Å². The fourth-order valence-electron chi connectivity index (χ4n) is 0.620. The SMILES string of the molecule is O=c1cc(CC(F)(F)F)[nH]o1. The van der Waals surface area contributed by atoms with Crippen LogP contribution in [0.5, 0.6) is 0 Å². The molecule has 0 unspecified atom stereocenters. The largest absolute Gasteiger partial charge is 0.394 e. The molecular weight excluding hydrogens is 163 g/mol. The second kappa shape index (κ2) is 2.44. The monoisotopic (exact) mass is 167 g/mol. The van der Waals surface area contributed by atoms with Crippen molar-refractivity contribution in [3.63, 3.8) is 0 Å². The Labute approximate surface area is 58.8 Å². The molecule has 0 bridgehead atoms. The smallest absolute Gasteiger partial charge is 0.339 e. The van der Waals surface area contributed by atoms with Crippen molar-refractivity contribution in [1.82, 2.24) is 5.16 Å². The normalized spacial score (nSPS) is 11.9. The van der Waals surface area contributed by atoms with Crippen LogP contribution in [0.15, 0.2) is 15.4 Å². The van der Waals surface area contributed by atoms with Crippen LogP contribution >= 0.6 is 0 Å². The number of alkyl halides is 3. The number of aromatic nitrogens is 1. The van der Waals surface area contributed by atoms with Gasteiger partial charge >= 0.3 is 11.8 Å². The van der Waals surface area contributed by atoms with E-state index >= 15 is 0 Å². The lowest BCUT2D eigenvalue weighted by molar-refractivity contribution is -0.128. The van der Waals surface area contributed by atoms with E-state index in [4.69, 9.17) is 0 Å². The summed E-state index contributed by atoms with van der Waals surface area (Å²) in [5, 5.41) is 1.85. The minimum atomic E-state index is -4.31. The summed E-state index contributed by atoms with van der Waals surface area (Å²) < 4.78 is 38.8. The maximum absolute atomic E-state index is 11.6. The van der Waals surface area contributed by atoms with Crippen LogP contribution in [0, 0.1) is 0 Å². The third kappa shape index (κ3) is 2.48. The zero-order valence-electron chi connectivity index (χ0n) is 5.23. The number of hydrogen-bond acceptors (Lipinski definition) is 2. The molecule has 62 valence electrons. The third-order valence-corrected chi connectivity index (χ3v) is 0.966. The second-order valence-corrected chi connectivity index (χ2v) is 1.98. The van der Waals surface area contributed by atoms with Crippen LogP contribution in [0.3, 0.4) is 0 Å². The van der Waals surface area contributed by atoms with E-state index in [0.717, 1.165) is 6.07 Å². The Kier molecular flexibility index (Phi) is 1.76. The van der Waals surface area contributed by atoms with E-state index in [1.807, 2.05) is 5.16 Å². The molecular formula is C5H4F3NO2. The molecule has 0 fully saturated rings. The van der Waals surface area contributed by atoms with Gasteiger partial charge in [-0.3, -0.25) is 0 Å². The van der Waals surface area contributed by atoms with Crippen LogP contribution in [-0.2, 0) is 6.42 Å². The Morgan fingerprint density at radius 1 is 1.55 bits per heavy atom. The van der Waals surface area contributed by atoms with Gasteiger partial charge in [0.15, 0.2) is 0 Å². The Balaban J connectivity index is 2.73. The predicted octanol–water partition coefficient (Wildman–Crippen LogP) is 1.07. The highest BCUT2D eigenvalue weighted by molar-refractivity contribution is 4.97. The Bertz CT molecular complexity index is 284. The maximum Gasteiger partial charge on any atom is 0.394 e. The molecule has 1 rings (SSSR count). The second-order valence-electron chi connectivity index (χ2n) is 1.98. The lowest BCUT2D eigenvalue weighted by Gasteiger charge is -2.01. The van der Waals surface area contributed by atoms with Gasteiger partial charge in [-0.1, -0.05) is 0 Å². The molecule has 1 aromatic rings. The molecule has 0 spiro atoms. The quantitative estimate of drug-likeness (QED) is 0.679. The molecule has 6 heteroatoms. The highest BCUT2D eigenvalue weighted by Gasteiger charge is 2.28. The van der Waals surface area contributed by atoms with Crippen molar-refractivity contribution < 1.29 is 17.7 Å². The summed E-state index contributed by atoms with van der Waals surface area (Å²) in [5.41, 5.74) is -1.06. The number of nitrogens with one attached hydrogen (secondary N) is 1. The molecule has 0 atom stereocenters. The predicted molar refractivity (Wildman–Crippen MR) is 29.1 cm³/mol. The molecule has 11 heavy (non-hydrogen) atoms. The summed E-state index contributed by atoms with van der Waals surface area (Å²) in [6, 6.07) is 0.771. The summed E-state index contributed by atoms with van der Waals surface area (Å²) in [7, 11) is 0. The van der Waals surface area contributed by atoms with Crippen LogP contribution in [0.4, 0.5) is 13.2 Å². The highest BCUT2D eigenvalue weighted by atomic mass is 19.4. The van der Waals surface area contributed by atoms with Gasteiger partial charge in [-0.05, 0) is 0 Å². The van der Waals surface area contributed by atoms with E-state index in [9.17, 15) is 18.0 Å². The van der Waals surface area contributed by atoms with Crippen LogP contribution in [0.25, 0.3) is 0 Å². The zero-order valence-corrected chi connectivity index (χ0v) is 5.23. The molecule has 1 heterocycles. The lowest BCUT2D eigenvalue weighted by atomic mass is 10.3. The van der Waals surface area contributed by atoms with Gasteiger partial charge < -0.3 is 4.52 Å². The van der Waals surface area contributed by atoms with Gasteiger partial charge in [0.1, 0.15) is 0 Å². The van der Waals surface area contributed by atoms with Gasteiger partial charge in [0.2, 0.25) is 0 Å². The molecule has 1 aromatic heterocycles. The van der Waals surface area contributed by atoms with E-state index in [2.05, 4.69) is 4.52 Å². The number of hydrogen-bond donors (Lipinski definition) is 1. The first kappa shape index (κ1) is 7.90. The van der Waals surface area contributed by atoms with Gasteiger partial charge in [-0.2, -0.15) is 13.2 Å². The van der Waals surface area contributed by atoms with Crippen molar-refractivity contribution in [1.29, 1.82) is 0 Å². The average molecular weight is 167 g/mol. The van der Waals surface area contributed by atoms with Crippen LogP contribution < -0.4 is 5.63 Å². The van der Waals surface area contributed by atoms with Crippen molar-refractivity contribution in [2.24, 2.45) is 0 Å². The van der Waals surface area contributed by atoms with Crippen LogP contribution in [0.1, 0.15) is 5.69 Å². The number of H-pyrrole nitrogens is 1. The van der Waals surface area contributed by atoms with Crippen molar-refractivity contribution in [2.45, 2.75) is 12.6 Å². The summed E-state index contributed by atoms with van der Waals surface area (Å²) >= 11 is 0. The van der Waals surface area contributed by atoms with Crippen LogP contribution in [0.2, 0.25) is 0 Å². The number of aromatic amines is 1. The van der Waals surface area contributed by atoms with Crippen LogP contribution in [-0.4, -0.2) is 11.3 Å². The standard InChI is InChI=1S/C5H4F3NO2/c6-5(7,8)2-3-1-4(10)11-9-3/h1,9H,2H2. The van der Waals surface area contributed by atoms with Gasteiger partial charge in [-0.25, -0.2) is 9.95 Å². The first-order valence-corrected chi connectivity index (χ1v) is 2.71. The first-order chi connectivity index (χ1) is 4.97.